The van der Waals surface area contributed by atoms with E-state index in [0.717, 1.165) is 0 Å². The first kappa shape index (κ1) is 9.49. The Labute approximate surface area is 72.3 Å². The molecule has 4 nitrogen and oxygen atoms in total. The molecule has 1 heterocycles. The second-order valence-corrected chi connectivity index (χ2v) is 5.42. The Balaban J connectivity index is 2.67. The summed E-state index contributed by atoms with van der Waals surface area (Å²) in [7, 11) is -2.92. The fraction of sp³-hybridized carbons (Fsp3) is 0.857. The topological polar surface area (TPSA) is 84.0 Å². The van der Waals surface area contributed by atoms with Crippen LogP contribution < -0.4 is 5.73 Å². The smallest absolute Gasteiger partial charge is 0.150 e. The van der Waals surface area contributed by atoms with Gasteiger partial charge in [0.1, 0.15) is 0 Å². The molecule has 1 fully saturated rings. The van der Waals surface area contributed by atoms with Gasteiger partial charge in [0, 0.05) is 18.4 Å². The normalized spacial score (nSPS) is 34.0. The van der Waals surface area contributed by atoms with Gasteiger partial charge in [-0.2, -0.15) is 5.26 Å². The van der Waals surface area contributed by atoms with Crippen LogP contribution in [0.2, 0.25) is 0 Å². The summed E-state index contributed by atoms with van der Waals surface area (Å²) < 4.78 is 22.2. The Morgan fingerprint density at radius 3 is 2.83 bits per heavy atom. The molecule has 0 aromatic carbocycles. The van der Waals surface area contributed by atoms with Crippen molar-refractivity contribution >= 4 is 9.84 Å². The number of sulfone groups is 1. The van der Waals surface area contributed by atoms with Crippen molar-refractivity contribution < 1.29 is 8.42 Å². The van der Waals surface area contributed by atoms with E-state index in [4.69, 9.17) is 11.0 Å². The van der Waals surface area contributed by atoms with Gasteiger partial charge < -0.3 is 5.73 Å². The van der Waals surface area contributed by atoms with Gasteiger partial charge in [-0.3, -0.25) is 0 Å². The fourth-order valence-corrected chi connectivity index (χ4v) is 3.23. The molecule has 0 unspecified atom stereocenters. The molecule has 0 aromatic heterocycles. The Morgan fingerprint density at radius 2 is 2.25 bits per heavy atom. The maximum Gasteiger partial charge on any atom is 0.150 e. The van der Waals surface area contributed by atoms with E-state index in [1.165, 1.54) is 0 Å². The van der Waals surface area contributed by atoms with Gasteiger partial charge in [-0.05, 0) is 6.42 Å². The molecular formula is C7H12N2O2S. The summed E-state index contributed by atoms with van der Waals surface area (Å²) in [6, 6.07) is 1.84. The summed E-state index contributed by atoms with van der Waals surface area (Å²) in [5, 5.41) is 8.41. The van der Waals surface area contributed by atoms with Crippen molar-refractivity contribution in [3.05, 3.63) is 0 Å². The first-order valence-corrected chi connectivity index (χ1v) is 5.70. The Hall–Kier alpha value is -0.600. The summed E-state index contributed by atoms with van der Waals surface area (Å²) in [6.45, 7) is 0. The zero-order chi connectivity index (χ0) is 9.19. The molecule has 0 spiro atoms. The number of rotatable bonds is 1. The summed E-state index contributed by atoms with van der Waals surface area (Å²) >= 11 is 0. The number of nitriles is 1. The van der Waals surface area contributed by atoms with Crippen LogP contribution in [0.15, 0.2) is 0 Å². The zero-order valence-electron chi connectivity index (χ0n) is 6.73. The lowest BCUT2D eigenvalue weighted by Crippen LogP contribution is -2.41. The van der Waals surface area contributed by atoms with E-state index in [9.17, 15) is 8.42 Å². The molecule has 0 saturated carbocycles. The van der Waals surface area contributed by atoms with E-state index in [-0.39, 0.29) is 29.9 Å². The molecule has 0 amide bonds. The van der Waals surface area contributed by atoms with Gasteiger partial charge >= 0.3 is 0 Å². The van der Waals surface area contributed by atoms with Gasteiger partial charge in [-0.15, -0.1) is 0 Å². The maximum atomic E-state index is 11.1. The molecule has 12 heavy (non-hydrogen) atoms. The standard InChI is InChI=1S/C7H12N2O2S/c8-3-1-6-5-12(10,11)4-2-7(6)9/h6-7H,1-2,4-5,9H2/t6-,7+/m0/s1. The molecule has 2 N–H and O–H groups in total. The highest BCUT2D eigenvalue weighted by Crippen LogP contribution is 2.19. The average molecular weight is 188 g/mol. The Bertz CT molecular complexity index is 291. The van der Waals surface area contributed by atoms with Crippen LogP contribution in [-0.4, -0.2) is 26.0 Å². The van der Waals surface area contributed by atoms with Gasteiger partial charge in [-0.25, -0.2) is 8.42 Å². The van der Waals surface area contributed by atoms with Crippen LogP contribution in [0, 0.1) is 17.2 Å². The number of hydrogen-bond acceptors (Lipinski definition) is 4. The van der Waals surface area contributed by atoms with E-state index in [0.29, 0.717) is 6.42 Å². The van der Waals surface area contributed by atoms with Gasteiger partial charge in [0.2, 0.25) is 0 Å². The third-order valence-electron chi connectivity index (χ3n) is 2.19. The van der Waals surface area contributed by atoms with Crippen LogP contribution >= 0.6 is 0 Å². The van der Waals surface area contributed by atoms with Gasteiger partial charge in [0.05, 0.1) is 17.6 Å². The molecular weight excluding hydrogens is 176 g/mol. The van der Waals surface area contributed by atoms with E-state index >= 15 is 0 Å². The predicted octanol–water partition coefficient (Wildman–Crippen LogP) is -0.338. The molecule has 1 aliphatic heterocycles. The van der Waals surface area contributed by atoms with Crippen LogP contribution in [0.25, 0.3) is 0 Å². The highest BCUT2D eigenvalue weighted by atomic mass is 32.2. The van der Waals surface area contributed by atoms with Crippen LogP contribution in [0.1, 0.15) is 12.8 Å². The highest BCUT2D eigenvalue weighted by Gasteiger charge is 2.30. The lowest BCUT2D eigenvalue weighted by atomic mass is 9.97. The minimum absolute atomic E-state index is 0.0850. The second-order valence-electron chi connectivity index (χ2n) is 3.19. The van der Waals surface area contributed by atoms with Gasteiger partial charge in [0.15, 0.2) is 9.84 Å². The number of hydrogen-bond donors (Lipinski definition) is 1. The van der Waals surface area contributed by atoms with E-state index in [1.54, 1.807) is 0 Å². The molecule has 1 aliphatic rings. The minimum Gasteiger partial charge on any atom is -0.327 e. The molecule has 0 radical (unpaired) electrons. The lowest BCUT2D eigenvalue weighted by Gasteiger charge is -2.26. The first-order valence-electron chi connectivity index (χ1n) is 3.88. The van der Waals surface area contributed by atoms with E-state index in [2.05, 4.69) is 0 Å². The van der Waals surface area contributed by atoms with Crippen molar-refractivity contribution in [2.45, 2.75) is 18.9 Å². The maximum absolute atomic E-state index is 11.1. The fourth-order valence-electron chi connectivity index (χ4n) is 1.41. The lowest BCUT2D eigenvalue weighted by molar-refractivity contribution is 0.428. The van der Waals surface area contributed by atoms with Crippen molar-refractivity contribution in [2.75, 3.05) is 11.5 Å². The molecule has 0 aromatic rings. The molecule has 1 rings (SSSR count). The second kappa shape index (κ2) is 3.42. The average Bonchev–Trinajstić information content (AvgIpc) is 1.97. The summed E-state index contributed by atoms with van der Waals surface area (Å²) in [6.07, 6.45) is 0.745. The largest absolute Gasteiger partial charge is 0.327 e. The molecule has 68 valence electrons. The quantitative estimate of drug-likeness (QED) is 0.610. The van der Waals surface area contributed by atoms with Crippen molar-refractivity contribution in [3.63, 3.8) is 0 Å². The third-order valence-corrected chi connectivity index (χ3v) is 3.98. The van der Waals surface area contributed by atoms with E-state index in [1.807, 2.05) is 6.07 Å². The van der Waals surface area contributed by atoms with Gasteiger partial charge in [0.25, 0.3) is 0 Å². The number of nitrogens with zero attached hydrogens (tertiary/aromatic N) is 1. The van der Waals surface area contributed by atoms with Crippen LogP contribution in [0.5, 0.6) is 0 Å². The predicted molar refractivity (Wildman–Crippen MR) is 45.0 cm³/mol. The van der Waals surface area contributed by atoms with Crippen LogP contribution in [0.3, 0.4) is 0 Å². The summed E-state index contributed by atoms with van der Waals surface area (Å²) in [5.74, 6) is 0.103. The molecule has 0 aliphatic carbocycles. The Morgan fingerprint density at radius 1 is 1.58 bits per heavy atom. The molecule has 0 bridgehead atoms. The van der Waals surface area contributed by atoms with Gasteiger partial charge in [-0.1, -0.05) is 0 Å². The third kappa shape index (κ3) is 2.19. The minimum atomic E-state index is -2.92. The molecule has 5 heteroatoms. The zero-order valence-corrected chi connectivity index (χ0v) is 7.55. The highest BCUT2D eigenvalue weighted by molar-refractivity contribution is 7.91. The number of nitrogens with two attached hydrogens (primary N) is 1. The SMILES string of the molecule is N#CC[C@H]1CS(=O)(=O)CC[C@H]1N. The van der Waals surface area contributed by atoms with Crippen molar-refractivity contribution in [2.24, 2.45) is 11.7 Å². The van der Waals surface area contributed by atoms with Crippen LogP contribution in [0.4, 0.5) is 0 Å². The monoisotopic (exact) mass is 188 g/mol. The molecule has 1 saturated heterocycles. The van der Waals surface area contributed by atoms with Crippen LogP contribution in [-0.2, 0) is 9.84 Å². The summed E-state index contributed by atoms with van der Waals surface area (Å²) in [4.78, 5) is 0. The Kier molecular flexibility index (Phi) is 2.70. The van der Waals surface area contributed by atoms with Crippen molar-refractivity contribution in [1.82, 2.24) is 0 Å². The van der Waals surface area contributed by atoms with Crippen molar-refractivity contribution in [1.29, 1.82) is 5.26 Å². The summed E-state index contributed by atoms with van der Waals surface area (Å²) in [5.41, 5.74) is 5.67. The van der Waals surface area contributed by atoms with Crippen molar-refractivity contribution in [3.8, 4) is 6.07 Å². The van der Waals surface area contributed by atoms with E-state index < -0.39 is 9.84 Å². The first-order chi connectivity index (χ1) is 5.55. The molecule has 2 atom stereocenters.